The number of nitrogens with zero attached hydrogens (tertiary/aromatic N) is 1. The van der Waals surface area contributed by atoms with Gasteiger partial charge in [-0.3, -0.25) is 4.79 Å². The van der Waals surface area contributed by atoms with E-state index in [9.17, 15) is 9.90 Å². The van der Waals surface area contributed by atoms with Crippen molar-refractivity contribution in [1.29, 1.82) is 0 Å². The Morgan fingerprint density at radius 3 is 2.27 bits per heavy atom. The summed E-state index contributed by atoms with van der Waals surface area (Å²) >= 11 is 0. The Hall–Kier alpha value is -2.43. The Morgan fingerprint density at radius 2 is 1.69 bits per heavy atom. The van der Waals surface area contributed by atoms with E-state index < -0.39 is 0 Å². The van der Waals surface area contributed by atoms with Crippen molar-refractivity contribution in [1.82, 2.24) is 4.90 Å². The molecule has 0 unspecified atom stereocenters. The van der Waals surface area contributed by atoms with E-state index in [1.54, 1.807) is 7.11 Å². The standard InChI is InChI=1S/C22H25NO3/c1-16-19(13-14-24)22(25)23(21(16)18-11-7-4-8-12-18)20(15-26-2)17-9-5-3-6-10-17/h3-12,20-21,24H,13-15H2,1-2H3/t20-,21+/m0/s1. The molecule has 1 amide bonds. The molecule has 2 atom stereocenters. The predicted molar refractivity (Wildman–Crippen MR) is 101 cm³/mol. The molecule has 0 saturated heterocycles. The Balaban J connectivity index is 2.08. The number of benzene rings is 2. The highest BCUT2D eigenvalue weighted by atomic mass is 16.5. The van der Waals surface area contributed by atoms with E-state index in [4.69, 9.17) is 4.74 Å². The van der Waals surface area contributed by atoms with E-state index in [0.29, 0.717) is 18.6 Å². The second kappa shape index (κ2) is 8.30. The first kappa shape index (κ1) is 18.4. The third kappa shape index (κ3) is 3.43. The average Bonchev–Trinajstić information content (AvgIpc) is 2.92. The highest BCUT2D eigenvalue weighted by Crippen LogP contribution is 2.43. The van der Waals surface area contributed by atoms with Crippen LogP contribution < -0.4 is 0 Å². The Labute approximate surface area is 154 Å². The molecule has 0 fully saturated rings. The summed E-state index contributed by atoms with van der Waals surface area (Å²) in [6, 6.07) is 19.7. The summed E-state index contributed by atoms with van der Waals surface area (Å²) in [6.07, 6.45) is 0.374. The molecule has 1 heterocycles. The van der Waals surface area contributed by atoms with Gasteiger partial charge in [0.1, 0.15) is 0 Å². The molecule has 0 aromatic heterocycles. The van der Waals surface area contributed by atoms with Gasteiger partial charge >= 0.3 is 0 Å². The molecule has 26 heavy (non-hydrogen) atoms. The van der Waals surface area contributed by atoms with Crippen molar-refractivity contribution in [3.63, 3.8) is 0 Å². The van der Waals surface area contributed by atoms with Crippen LogP contribution in [0.5, 0.6) is 0 Å². The Kier molecular flexibility index (Phi) is 5.86. The van der Waals surface area contributed by atoms with Crippen LogP contribution in [0, 0.1) is 0 Å². The van der Waals surface area contributed by atoms with Crippen LogP contribution in [0.15, 0.2) is 71.8 Å². The van der Waals surface area contributed by atoms with Crippen molar-refractivity contribution in [2.75, 3.05) is 20.3 Å². The number of aliphatic hydroxyl groups excluding tert-OH is 1. The van der Waals surface area contributed by atoms with Gasteiger partial charge in [-0.2, -0.15) is 0 Å². The second-order valence-electron chi connectivity index (χ2n) is 6.54. The molecular formula is C22H25NO3. The van der Waals surface area contributed by atoms with Gasteiger partial charge in [0, 0.05) is 25.7 Å². The smallest absolute Gasteiger partial charge is 0.251 e. The number of methoxy groups -OCH3 is 1. The van der Waals surface area contributed by atoms with Crippen molar-refractivity contribution in [3.8, 4) is 0 Å². The molecule has 0 saturated carbocycles. The van der Waals surface area contributed by atoms with Gasteiger partial charge in [-0.05, 0) is 23.6 Å². The fourth-order valence-corrected chi connectivity index (χ4v) is 3.77. The Bertz CT molecular complexity index is 770. The number of rotatable bonds is 7. The summed E-state index contributed by atoms with van der Waals surface area (Å²) in [5.41, 5.74) is 3.83. The summed E-state index contributed by atoms with van der Waals surface area (Å²) in [4.78, 5) is 15.2. The lowest BCUT2D eigenvalue weighted by atomic mass is 9.96. The molecule has 0 radical (unpaired) electrons. The van der Waals surface area contributed by atoms with Crippen molar-refractivity contribution in [3.05, 3.63) is 82.9 Å². The maximum Gasteiger partial charge on any atom is 0.251 e. The van der Waals surface area contributed by atoms with Gasteiger partial charge in [0.15, 0.2) is 0 Å². The zero-order valence-corrected chi connectivity index (χ0v) is 15.3. The van der Waals surface area contributed by atoms with Gasteiger partial charge in [-0.25, -0.2) is 0 Å². The number of ether oxygens (including phenoxy) is 1. The van der Waals surface area contributed by atoms with E-state index in [0.717, 1.165) is 16.7 Å². The second-order valence-corrected chi connectivity index (χ2v) is 6.54. The number of aliphatic hydroxyl groups is 1. The summed E-state index contributed by atoms with van der Waals surface area (Å²) in [5.74, 6) is -0.0173. The van der Waals surface area contributed by atoms with Gasteiger partial charge in [-0.15, -0.1) is 0 Å². The molecule has 3 rings (SSSR count). The van der Waals surface area contributed by atoms with Crippen LogP contribution >= 0.6 is 0 Å². The maximum atomic E-state index is 13.3. The molecule has 2 aromatic rings. The minimum absolute atomic E-state index is 0.0173. The van der Waals surface area contributed by atoms with E-state index in [-0.39, 0.29) is 24.6 Å². The molecule has 1 N–H and O–H groups in total. The molecule has 4 nitrogen and oxygen atoms in total. The summed E-state index contributed by atoms with van der Waals surface area (Å²) < 4.78 is 5.47. The quantitative estimate of drug-likeness (QED) is 0.828. The van der Waals surface area contributed by atoms with Crippen LogP contribution in [0.2, 0.25) is 0 Å². The first-order valence-corrected chi connectivity index (χ1v) is 8.91. The van der Waals surface area contributed by atoms with Crippen molar-refractivity contribution in [2.45, 2.75) is 25.4 Å². The third-order valence-electron chi connectivity index (χ3n) is 4.98. The van der Waals surface area contributed by atoms with Crippen LogP contribution in [0.1, 0.15) is 36.6 Å². The Morgan fingerprint density at radius 1 is 1.08 bits per heavy atom. The topological polar surface area (TPSA) is 49.8 Å². The normalized spacial score (nSPS) is 18.5. The molecular weight excluding hydrogens is 326 g/mol. The molecule has 4 heteroatoms. The fourth-order valence-electron chi connectivity index (χ4n) is 3.77. The van der Waals surface area contributed by atoms with Gasteiger partial charge in [0.05, 0.1) is 18.7 Å². The average molecular weight is 351 g/mol. The number of hydrogen-bond acceptors (Lipinski definition) is 3. The monoisotopic (exact) mass is 351 g/mol. The van der Waals surface area contributed by atoms with Crippen molar-refractivity contribution >= 4 is 5.91 Å². The van der Waals surface area contributed by atoms with Gasteiger partial charge in [0.25, 0.3) is 5.91 Å². The van der Waals surface area contributed by atoms with Crippen molar-refractivity contribution < 1.29 is 14.6 Å². The molecule has 0 bridgehead atoms. The third-order valence-corrected chi connectivity index (χ3v) is 4.98. The highest BCUT2D eigenvalue weighted by Gasteiger charge is 2.41. The van der Waals surface area contributed by atoms with E-state index in [1.165, 1.54) is 0 Å². The molecule has 0 aliphatic carbocycles. The lowest BCUT2D eigenvalue weighted by Crippen LogP contribution is -2.36. The lowest BCUT2D eigenvalue weighted by Gasteiger charge is -2.34. The zero-order chi connectivity index (χ0) is 18.5. The lowest BCUT2D eigenvalue weighted by molar-refractivity contribution is -0.131. The van der Waals surface area contributed by atoms with Gasteiger partial charge in [-0.1, -0.05) is 60.7 Å². The van der Waals surface area contributed by atoms with E-state index in [2.05, 4.69) is 0 Å². The van der Waals surface area contributed by atoms with Crippen LogP contribution in [-0.4, -0.2) is 36.2 Å². The minimum Gasteiger partial charge on any atom is -0.396 e. The van der Waals surface area contributed by atoms with Gasteiger partial charge in [0.2, 0.25) is 0 Å². The summed E-state index contributed by atoms with van der Waals surface area (Å²) in [6.45, 7) is 2.38. The minimum atomic E-state index is -0.190. The number of carbonyl (C=O) groups excluding carboxylic acids is 1. The number of amides is 1. The SMILES string of the molecule is COC[C@@H](c1ccccc1)N1C(=O)C(CCO)=C(C)[C@@H]1c1ccccc1. The first-order valence-electron chi connectivity index (χ1n) is 8.91. The van der Waals surface area contributed by atoms with Crippen LogP contribution in [0.4, 0.5) is 0 Å². The first-order chi connectivity index (χ1) is 12.7. The number of hydrogen-bond donors (Lipinski definition) is 1. The largest absolute Gasteiger partial charge is 0.396 e. The fraction of sp³-hybridized carbons (Fsp3) is 0.318. The molecule has 2 aromatic carbocycles. The van der Waals surface area contributed by atoms with Crippen LogP contribution in [0.3, 0.4) is 0 Å². The number of carbonyl (C=O) groups is 1. The molecule has 1 aliphatic heterocycles. The molecule has 1 aliphatic rings. The maximum absolute atomic E-state index is 13.3. The zero-order valence-electron chi connectivity index (χ0n) is 15.3. The van der Waals surface area contributed by atoms with Crippen LogP contribution in [-0.2, 0) is 9.53 Å². The molecule has 136 valence electrons. The summed E-state index contributed by atoms with van der Waals surface area (Å²) in [5, 5.41) is 9.43. The van der Waals surface area contributed by atoms with Gasteiger partial charge < -0.3 is 14.7 Å². The summed E-state index contributed by atoms with van der Waals surface area (Å²) in [7, 11) is 1.66. The predicted octanol–water partition coefficient (Wildman–Crippen LogP) is 3.66. The van der Waals surface area contributed by atoms with E-state index >= 15 is 0 Å². The molecule has 0 spiro atoms. The van der Waals surface area contributed by atoms with E-state index in [1.807, 2.05) is 72.5 Å². The van der Waals surface area contributed by atoms with Crippen molar-refractivity contribution in [2.24, 2.45) is 0 Å². The van der Waals surface area contributed by atoms with Crippen LogP contribution in [0.25, 0.3) is 0 Å². The highest BCUT2D eigenvalue weighted by molar-refractivity contribution is 5.98.